The number of ether oxygens (including phenoxy) is 1. The summed E-state index contributed by atoms with van der Waals surface area (Å²) in [5.41, 5.74) is -1.26. The third kappa shape index (κ3) is 2.76. The van der Waals surface area contributed by atoms with Gasteiger partial charge in [0.1, 0.15) is 16.2 Å². The molecule has 94 valence electrons. The SMILES string of the molecule is CCC(C)(NC(=O)c1sccc1OC)C(=O)O. The molecule has 0 aromatic carbocycles. The molecule has 0 radical (unpaired) electrons. The fourth-order valence-corrected chi connectivity index (χ4v) is 1.98. The van der Waals surface area contributed by atoms with Gasteiger partial charge in [-0.1, -0.05) is 6.92 Å². The summed E-state index contributed by atoms with van der Waals surface area (Å²) in [6, 6.07) is 1.67. The van der Waals surface area contributed by atoms with Crippen LogP contribution in [0.1, 0.15) is 29.9 Å². The first-order valence-corrected chi connectivity index (χ1v) is 6.00. The lowest BCUT2D eigenvalue weighted by Gasteiger charge is -2.24. The first kappa shape index (κ1) is 13.5. The van der Waals surface area contributed by atoms with Crippen molar-refractivity contribution in [3.05, 3.63) is 16.3 Å². The fraction of sp³-hybridized carbons (Fsp3) is 0.455. The van der Waals surface area contributed by atoms with Crippen molar-refractivity contribution in [2.24, 2.45) is 0 Å². The molecular weight excluding hydrogens is 242 g/mol. The van der Waals surface area contributed by atoms with Crippen LogP contribution >= 0.6 is 11.3 Å². The molecule has 1 amide bonds. The fourth-order valence-electron chi connectivity index (χ4n) is 1.22. The maximum atomic E-state index is 11.9. The molecule has 6 heteroatoms. The highest BCUT2D eigenvalue weighted by atomic mass is 32.1. The Morgan fingerprint density at radius 1 is 1.59 bits per heavy atom. The Bertz CT molecular complexity index is 429. The normalized spacial score (nSPS) is 13.8. The molecule has 1 atom stereocenters. The van der Waals surface area contributed by atoms with Crippen LogP contribution in [-0.2, 0) is 4.79 Å². The molecule has 0 saturated heterocycles. The highest BCUT2D eigenvalue weighted by molar-refractivity contribution is 7.12. The van der Waals surface area contributed by atoms with Crippen LogP contribution in [0.25, 0.3) is 0 Å². The summed E-state index contributed by atoms with van der Waals surface area (Å²) < 4.78 is 5.02. The maximum Gasteiger partial charge on any atom is 0.329 e. The Morgan fingerprint density at radius 2 is 2.24 bits per heavy atom. The highest BCUT2D eigenvalue weighted by Gasteiger charge is 2.33. The van der Waals surface area contributed by atoms with E-state index < -0.39 is 17.4 Å². The van der Waals surface area contributed by atoms with Gasteiger partial charge in [-0.05, 0) is 24.8 Å². The number of carboxylic acids is 1. The van der Waals surface area contributed by atoms with Crippen LogP contribution in [0, 0.1) is 0 Å². The van der Waals surface area contributed by atoms with E-state index in [1.807, 2.05) is 0 Å². The number of carbonyl (C=O) groups is 2. The van der Waals surface area contributed by atoms with Crippen LogP contribution in [0.3, 0.4) is 0 Å². The van der Waals surface area contributed by atoms with Crippen molar-refractivity contribution in [2.45, 2.75) is 25.8 Å². The van der Waals surface area contributed by atoms with Crippen LogP contribution in [-0.4, -0.2) is 29.6 Å². The van der Waals surface area contributed by atoms with Crippen molar-refractivity contribution in [3.63, 3.8) is 0 Å². The van der Waals surface area contributed by atoms with E-state index >= 15 is 0 Å². The van der Waals surface area contributed by atoms with Crippen LogP contribution in [0.2, 0.25) is 0 Å². The molecule has 0 spiro atoms. The van der Waals surface area contributed by atoms with E-state index in [9.17, 15) is 9.59 Å². The van der Waals surface area contributed by atoms with Gasteiger partial charge in [-0.25, -0.2) is 4.79 Å². The number of nitrogens with one attached hydrogen (secondary N) is 1. The van der Waals surface area contributed by atoms with E-state index in [2.05, 4.69) is 5.32 Å². The molecule has 17 heavy (non-hydrogen) atoms. The van der Waals surface area contributed by atoms with Gasteiger partial charge in [-0.15, -0.1) is 11.3 Å². The summed E-state index contributed by atoms with van der Waals surface area (Å²) in [6.45, 7) is 3.19. The van der Waals surface area contributed by atoms with Crippen LogP contribution in [0.4, 0.5) is 0 Å². The predicted molar refractivity (Wildman–Crippen MR) is 64.7 cm³/mol. The third-order valence-electron chi connectivity index (χ3n) is 2.62. The smallest absolute Gasteiger partial charge is 0.329 e. The third-order valence-corrected chi connectivity index (χ3v) is 3.52. The number of carbonyl (C=O) groups excluding carboxylic acids is 1. The van der Waals surface area contributed by atoms with Gasteiger partial charge in [0.2, 0.25) is 0 Å². The molecule has 1 rings (SSSR count). The van der Waals surface area contributed by atoms with Gasteiger partial charge in [0.05, 0.1) is 7.11 Å². The standard InChI is InChI=1S/C11H15NO4S/c1-4-11(2,10(14)15)12-9(13)8-7(16-3)5-6-17-8/h5-6H,4H2,1-3H3,(H,12,13)(H,14,15). The number of hydrogen-bond donors (Lipinski definition) is 2. The van der Waals surface area contributed by atoms with Gasteiger partial charge >= 0.3 is 5.97 Å². The Balaban J connectivity index is 2.89. The average molecular weight is 257 g/mol. The van der Waals surface area contributed by atoms with E-state index in [0.717, 1.165) is 0 Å². The van der Waals surface area contributed by atoms with Crippen molar-refractivity contribution in [1.82, 2.24) is 5.32 Å². The molecule has 2 N–H and O–H groups in total. The van der Waals surface area contributed by atoms with E-state index in [1.54, 1.807) is 18.4 Å². The largest absolute Gasteiger partial charge is 0.495 e. The molecule has 0 aliphatic rings. The number of methoxy groups -OCH3 is 1. The van der Waals surface area contributed by atoms with Crippen molar-refractivity contribution >= 4 is 23.2 Å². The number of rotatable bonds is 5. The second-order valence-electron chi connectivity index (χ2n) is 3.76. The van der Waals surface area contributed by atoms with Gasteiger partial charge in [0.25, 0.3) is 5.91 Å². The van der Waals surface area contributed by atoms with Crippen molar-refractivity contribution < 1.29 is 19.4 Å². The van der Waals surface area contributed by atoms with Gasteiger partial charge in [-0.3, -0.25) is 4.79 Å². The second-order valence-corrected chi connectivity index (χ2v) is 4.68. The Morgan fingerprint density at radius 3 is 2.71 bits per heavy atom. The molecule has 0 saturated carbocycles. The van der Waals surface area contributed by atoms with Crippen LogP contribution in [0.5, 0.6) is 5.75 Å². The van der Waals surface area contributed by atoms with Gasteiger partial charge < -0.3 is 15.2 Å². The highest BCUT2D eigenvalue weighted by Crippen LogP contribution is 2.25. The number of aliphatic carboxylic acids is 1. The summed E-state index contributed by atoms with van der Waals surface area (Å²) in [7, 11) is 1.47. The number of carboxylic acid groups (broad SMARTS) is 1. The van der Waals surface area contributed by atoms with Gasteiger partial charge in [0.15, 0.2) is 0 Å². The number of amides is 1. The zero-order valence-corrected chi connectivity index (χ0v) is 10.8. The Labute approximate surface area is 103 Å². The molecular formula is C11H15NO4S. The molecule has 0 aliphatic carbocycles. The molecule has 5 nitrogen and oxygen atoms in total. The Kier molecular flexibility index (Phi) is 4.11. The lowest BCUT2D eigenvalue weighted by atomic mass is 9.99. The number of thiophene rings is 1. The quantitative estimate of drug-likeness (QED) is 0.842. The van der Waals surface area contributed by atoms with Gasteiger partial charge in [-0.2, -0.15) is 0 Å². The first-order valence-electron chi connectivity index (χ1n) is 5.12. The van der Waals surface area contributed by atoms with Crippen LogP contribution < -0.4 is 10.1 Å². The molecule has 1 aromatic heterocycles. The second kappa shape index (κ2) is 5.18. The van der Waals surface area contributed by atoms with Crippen molar-refractivity contribution in [2.75, 3.05) is 7.11 Å². The van der Waals surface area contributed by atoms with Gasteiger partial charge in [0, 0.05) is 0 Å². The lowest BCUT2D eigenvalue weighted by molar-refractivity contribution is -0.143. The minimum Gasteiger partial charge on any atom is -0.495 e. The predicted octanol–water partition coefficient (Wildman–Crippen LogP) is 1.74. The monoisotopic (exact) mass is 257 g/mol. The van der Waals surface area contributed by atoms with Crippen molar-refractivity contribution in [3.8, 4) is 5.75 Å². The molecule has 0 aliphatic heterocycles. The zero-order valence-electron chi connectivity index (χ0n) is 9.94. The van der Waals surface area contributed by atoms with Crippen molar-refractivity contribution in [1.29, 1.82) is 0 Å². The molecule has 0 fully saturated rings. The molecule has 1 heterocycles. The summed E-state index contributed by atoms with van der Waals surface area (Å²) in [6.07, 6.45) is 0.307. The molecule has 1 aromatic rings. The minimum absolute atomic E-state index is 0.307. The van der Waals surface area contributed by atoms with E-state index in [-0.39, 0.29) is 0 Å². The van der Waals surface area contributed by atoms with E-state index in [0.29, 0.717) is 17.0 Å². The summed E-state index contributed by atoms with van der Waals surface area (Å²) in [4.78, 5) is 23.4. The zero-order chi connectivity index (χ0) is 13.1. The molecule has 1 unspecified atom stereocenters. The van der Waals surface area contributed by atoms with E-state index in [4.69, 9.17) is 9.84 Å². The minimum atomic E-state index is -1.26. The average Bonchev–Trinajstić information content (AvgIpc) is 2.76. The summed E-state index contributed by atoms with van der Waals surface area (Å²) in [5.74, 6) is -1.02. The molecule has 0 bridgehead atoms. The number of hydrogen-bond acceptors (Lipinski definition) is 4. The summed E-state index contributed by atoms with van der Waals surface area (Å²) in [5, 5.41) is 13.3. The van der Waals surface area contributed by atoms with E-state index in [1.165, 1.54) is 25.4 Å². The summed E-state index contributed by atoms with van der Waals surface area (Å²) >= 11 is 1.22. The first-order chi connectivity index (χ1) is 7.94. The maximum absolute atomic E-state index is 11.9. The lowest BCUT2D eigenvalue weighted by Crippen LogP contribution is -2.51. The van der Waals surface area contributed by atoms with Crippen LogP contribution in [0.15, 0.2) is 11.4 Å². The Hall–Kier alpha value is -1.56. The topological polar surface area (TPSA) is 75.6 Å².